The van der Waals surface area contributed by atoms with E-state index in [9.17, 15) is 0 Å². The minimum atomic E-state index is 0.757. The summed E-state index contributed by atoms with van der Waals surface area (Å²) in [5.41, 5.74) is 1.55. The molecule has 1 saturated heterocycles. The summed E-state index contributed by atoms with van der Waals surface area (Å²) in [6.45, 7) is 1.22. The summed E-state index contributed by atoms with van der Waals surface area (Å²) >= 11 is 2.07. The highest BCUT2D eigenvalue weighted by atomic mass is 32.2. The molecule has 0 aromatic heterocycles. The summed E-state index contributed by atoms with van der Waals surface area (Å²) in [6, 6.07) is 9.60. The molecule has 0 spiro atoms. The molecule has 2 unspecified atom stereocenters. The zero-order valence-electron chi connectivity index (χ0n) is 8.20. The summed E-state index contributed by atoms with van der Waals surface area (Å²) in [6.07, 6.45) is 3.99. The second-order valence-electron chi connectivity index (χ2n) is 4.17. The van der Waals surface area contributed by atoms with Crippen molar-refractivity contribution in [2.24, 2.45) is 0 Å². The van der Waals surface area contributed by atoms with E-state index in [1.165, 1.54) is 30.7 Å². The van der Waals surface area contributed by atoms with Crippen molar-refractivity contribution in [2.75, 3.05) is 6.54 Å². The lowest BCUT2D eigenvalue weighted by Crippen LogP contribution is -2.32. The van der Waals surface area contributed by atoms with E-state index in [4.69, 9.17) is 0 Å². The number of benzene rings is 1. The molecule has 14 heavy (non-hydrogen) atoms. The molecule has 2 aliphatic rings. The molecule has 0 aliphatic carbocycles. The summed E-state index contributed by atoms with van der Waals surface area (Å²) in [5, 5.41) is 4.40. The lowest BCUT2D eigenvalue weighted by atomic mass is 10.0. The zero-order valence-corrected chi connectivity index (χ0v) is 9.02. The van der Waals surface area contributed by atoms with Crippen molar-refractivity contribution in [3.8, 4) is 0 Å². The first-order valence-corrected chi connectivity index (χ1v) is 6.29. The van der Waals surface area contributed by atoms with Crippen molar-refractivity contribution in [3.63, 3.8) is 0 Å². The van der Waals surface area contributed by atoms with Crippen LogP contribution in [0.4, 0.5) is 0 Å². The topological polar surface area (TPSA) is 12.0 Å². The van der Waals surface area contributed by atoms with Crippen LogP contribution in [0.3, 0.4) is 0 Å². The molecule has 2 heteroatoms. The number of hydrogen-bond acceptors (Lipinski definition) is 2. The van der Waals surface area contributed by atoms with Crippen molar-refractivity contribution in [2.45, 2.75) is 35.4 Å². The molecule has 2 heterocycles. The Hall–Kier alpha value is -0.470. The van der Waals surface area contributed by atoms with E-state index in [0.717, 1.165) is 11.3 Å². The average molecular weight is 205 g/mol. The van der Waals surface area contributed by atoms with Crippen LogP contribution in [0.25, 0.3) is 0 Å². The van der Waals surface area contributed by atoms with Crippen molar-refractivity contribution in [1.29, 1.82) is 0 Å². The Kier molecular flexibility index (Phi) is 2.26. The van der Waals surface area contributed by atoms with Crippen LogP contribution in [0.2, 0.25) is 0 Å². The van der Waals surface area contributed by atoms with Gasteiger partial charge in [0, 0.05) is 16.2 Å². The van der Waals surface area contributed by atoms with E-state index in [2.05, 4.69) is 41.3 Å². The molecule has 1 aromatic carbocycles. The fourth-order valence-electron chi connectivity index (χ4n) is 2.46. The monoisotopic (exact) mass is 205 g/mol. The van der Waals surface area contributed by atoms with Gasteiger partial charge in [-0.1, -0.05) is 18.2 Å². The van der Waals surface area contributed by atoms with Crippen LogP contribution in [0.1, 0.15) is 18.4 Å². The smallest absolute Gasteiger partial charge is 0.0289 e. The Morgan fingerprint density at radius 3 is 3.00 bits per heavy atom. The van der Waals surface area contributed by atoms with Crippen molar-refractivity contribution < 1.29 is 0 Å². The molecule has 0 saturated carbocycles. The molecule has 74 valence electrons. The van der Waals surface area contributed by atoms with Crippen molar-refractivity contribution >= 4 is 11.8 Å². The molecule has 1 nitrogen and oxygen atoms in total. The molecular weight excluding hydrogens is 190 g/mol. The van der Waals surface area contributed by atoms with Gasteiger partial charge in [0.2, 0.25) is 0 Å². The van der Waals surface area contributed by atoms with E-state index in [1.54, 1.807) is 5.56 Å². The van der Waals surface area contributed by atoms with E-state index in [-0.39, 0.29) is 0 Å². The number of hydrogen-bond donors (Lipinski definition) is 1. The van der Waals surface area contributed by atoms with Crippen molar-refractivity contribution in [3.05, 3.63) is 29.8 Å². The highest BCUT2D eigenvalue weighted by Gasteiger charge is 2.30. The number of thioether (sulfide) groups is 1. The van der Waals surface area contributed by atoms with Gasteiger partial charge in [-0.3, -0.25) is 0 Å². The molecule has 2 aliphatic heterocycles. The van der Waals surface area contributed by atoms with Gasteiger partial charge in [0.15, 0.2) is 0 Å². The minimum Gasteiger partial charge on any atom is -0.313 e. The molecule has 2 atom stereocenters. The predicted molar refractivity (Wildman–Crippen MR) is 60.8 cm³/mol. The van der Waals surface area contributed by atoms with Crippen LogP contribution in [-0.2, 0) is 6.42 Å². The van der Waals surface area contributed by atoms with Gasteiger partial charge in [-0.25, -0.2) is 0 Å². The first kappa shape index (κ1) is 8.81. The van der Waals surface area contributed by atoms with Gasteiger partial charge < -0.3 is 5.32 Å². The van der Waals surface area contributed by atoms with Crippen LogP contribution < -0.4 is 5.32 Å². The molecule has 0 radical (unpaired) electrons. The van der Waals surface area contributed by atoms with Crippen LogP contribution >= 0.6 is 11.8 Å². The average Bonchev–Trinajstić information content (AvgIpc) is 2.86. The van der Waals surface area contributed by atoms with Gasteiger partial charge in [0.05, 0.1) is 0 Å². The fourth-order valence-corrected chi connectivity index (χ4v) is 3.91. The van der Waals surface area contributed by atoms with Crippen LogP contribution in [0.5, 0.6) is 0 Å². The van der Waals surface area contributed by atoms with Gasteiger partial charge in [0.1, 0.15) is 0 Å². The highest BCUT2D eigenvalue weighted by Crippen LogP contribution is 2.39. The number of rotatable bonds is 1. The van der Waals surface area contributed by atoms with Crippen LogP contribution in [0, 0.1) is 0 Å². The van der Waals surface area contributed by atoms with Gasteiger partial charge in [-0.05, 0) is 37.4 Å². The van der Waals surface area contributed by atoms with Gasteiger partial charge >= 0.3 is 0 Å². The van der Waals surface area contributed by atoms with Crippen LogP contribution in [-0.4, -0.2) is 17.8 Å². The Morgan fingerprint density at radius 2 is 2.21 bits per heavy atom. The predicted octanol–water partition coefficient (Wildman–Crippen LogP) is 2.46. The molecular formula is C12H15NS. The summed E-state index contributed by atoms with van der Waals surface area (Å²) in [4.78, 5) is 1.51. The van der Waals surface area contributed by atoms with Crippen molar-refractivity contribution in [1.82, 2.24) is 5.32 Å². The van der Waals surface area contributed by atoms with E-state index in [1.807, 2.05) is 0 Å². The molecule has 0 amide bonds. The summed E-state index contributed by atoms with van der Waals surface area (Å²) in [5.74, 6) is 0. The first-order valence-electron chi connectivity index (χ1n) is 5.41. The molecule has 1 N–H and O–H groups in total. The third-order valence-electron chi connectivity index (χ3n) is 3.22. The molecule has 0 bridgehead atoms. The van der Waals surface area contributed by atoms with E-state index < -0.39 is 0 Å². The van der Waals surface area contributed by atoms with E-state index in [0.29, 0.717) is 0 Å². The fraction of sp³-hybridized carbons (Fsp3) is 0.500. The third-order valence-corrected chi connectivity index (χ3v) is 4.67. The van der Waals surface area contributed by atoms with Gasteiger partial charge in [-0.15, -0.1) is 11.8 Å². The lowest BCUT2D eigenvalue weighted by Gasteiger charge is -2.16. The maximum absolute atomic E-state index is 3.61. The zero-order chi connectivity index (χ0) is 9.38. The van der Waals surface area contributed by atoms with Crippen LogP contribution in [0.15, 0.2) is 29.2 Å². The minimum absolute atomic E-state index is 0.757. The maximum Gasteiger partial charge on any atom is 0.0289 e. The molecule has 1 fully saturated rings. The third kappa shape index (κ3) is 1.47. The standard InChI is InChI=1S/C12H15NS/c1-2-6-11-9(4-1)8-12(14-11)10-5-3-7-13-10/h1-2,4,6,10,12-13H,3,5,7-8H2. The summed E-state index contributed by atoms with van der Waals surface area (Å²) < 4.78 is 0. The normalized spacial score (nSPS) is 30.6. The Morgan fingerprint density at radius 1 is 1.29 bits per heavy atom. The Balaban J connectivity index is 1.77. The Bertz CT molecular complexity index is 306. The van der Waals surface area contributed by atoms with E-state index >= 15 is 0 Å². The van der Waals surface area contributed by atoms with Gasteiger partial charge in [0.25, 0.3) is 0 Å². The SMILES string of the molecule is c1ccc2c(c1)CC(C1CCCN1)S2. The number of fused-ring (bicyclic) bond motifs is 1. The second kappa shape index (κ2) is 3.59. The quantitative estimate of drug-likeness (QED) is 0.756. The highest BCUT2D eigenvalue weighted by molar-refractivity contribution is 8.00. The lowest BCUT2D eigenvalue weighted by molar-refractivity contribution is 0.578. The second-order valence-corrected chi connectivity index (χ2v) is 5.45. The number of nitrogens with one attached hydrogen (secondary N) is 1. The molecule has 3 rings (SSSR count). The maximum atomic E-state index is 3.61. The molecule has 1 aromatic rings. The summed E-state index contributed by atoms with van der Waals surface area (Å²) in [7, 11) is 0. The largest absolute Gasteiger partial charge is 0.313 e. The van der Waals surface area contributed by atoms with Gasteiger partial charge in [-0.2, -0.15) is 0 Å². The Labute approximate surface area is 89.3 Å². The first-order chi connectivity index (χ1) is 6.93.